The predicted octanol–water partition coefficient (Wildman–Crippen LogP) is 2.74. The molecule has 0 aromatic rings. The predicted molar refractivity (Wildman–Crippen MR) is 76.9 cm³/mol. The molecule has 20 heavy (non-hydrogen) atoms. The number of ether oxygens (including phenoxy) is 2. The number of allylic oxidation sites excluding steroid dienone is 2. The van der Waals surface area contributed by atoms with Gasteiger partial charge in [-0.25, -0.2) is 0 Å². The summed E-state index contributed by atoms with van der Waals surface area (Å²) in [6, 6.07) is 0. The standard InChI is InChI=1S/C16H24O4/c1-11(2)9-19-15(17)13-7-5-6-8-14(13)16(18)20-10-12(3)4/h5-8,11-14H,9-10H2,1-4H3. The Hall–Kier alpha value is -1.58. The number of rotatable bonds is 6. The highest BCUT2D eigenvalue weighted by molar-refractivity contribution is 5.85. The highest BCUT2D eigenvalue weighted by atomic mass is 16.5. The molecule has 112 valence electrons. The van der Waals surface area contributed by atoms with E-state index in [1.165, 1.54) is 0 Å². The Morgan fingerprint density at radius 3 is 1.50 bits per heavy atom. The lowest BCUT2D eigenvalue weighted by Crippen LogP contribution is -2.32. The third-order valence-corrected chi connectivity index (χ3v) is 2.80. The molecule has 0 bridgehead atoms. The minimum Gasteiger partial charge on any atom is -0.465 e. The largest absolute Gasteiger partial charge is 0.465 e. The summed E-state index contributed by atoms with van der Waals surface area (Å²) in [6.07, 6.45) is 6.91. The van der Waals surface area contributed by atoms with Crippen LogP contribution in [0.5, 0.6) is 0 Å². The summed E-state index contributed by atoms with van der Waals surface area (Å²) in [6.45, 7) is 8.61. The van der Waals surface area contributed by atoms with Crippen molar-refractivity contribution >= 4 is 11.9 Å². The summed E-state index contributed by atoms with van der Waals surface area (Å²) in [5.74, 6) is -1.37. The molecule has 0 saturated heterocycles. The van der Waals surface area contributed by atoms with E-state index in [0.717, 1.165) is 0 Å². The molecule has 0 aromatic carbocycles. The molecule has 4 heteroatoms. The van der Waals surface area contributed by atoms with Gasteiger partial charge in [-0.1, -0.05) is 52.0 Å². The minimum atomic E-state index is -0.585. The molecule has 2 atom stereocenters. The van der Waals surface area contributed by atoms with Crippen molar-refractivity contribution in [3.05, 3.63) is 24.3 Å². The van der Waals surface area contributed by atoms with Crippen LogP contribution in [0.25, 0.3) is 0 Å². The second kappa shape index (κ2) is 7.88. The second-order valence-corrected chi connectivity index (χ2v) is 5.87. The van der Waals surface area contributed by atoms with Gasteiger partial charge < -0.3 is 9.47 Å². The summed E-state index contributed by atoms with van der Waals surface area (Å²) in [4.78, 5) is 24.1. The molecule has 1 aliphatic carbocycles. The van der Waals surface area contributed by atoms with Crippen LogP contribution in [0.3, 0.4) is 0 Å². The first-order valence-corrected chi connectivity index (χ1v) is 7.10. The maximum atomic E-state index is 12.0. The summed E-state index contributed by atoms with van der Waals surface area (Å²) < 4.78 is 10.4. The number of esters is 2. The van der Waals surface area contributed by atoms with Crippen molar-refractivity contribution in [2.24, 2.45) is 23.7 Å². The lowest BCUT2D eigenvalue weighted by molar-refractivity contribution is -0.158. The molecule has 0 saturated carbocycles. The summed E-state index contributed by atoms with van der Waals surface area (Å²) in [7, 11) is 0. The maximum Gasteiger partial charge on any atom is 0.314 e. The topological polar surface area (TPSA) is 52.6 Å². The van der Waals surface area contributed by atoms with Crippen molar-refractivity contribution in [1.82, 2.24) is 0 Å². The van der Waals surface area contributed by atoms with E-state index >= 15 is 0 Å². The van der Waals surface area contributed by atoms with Crippen LogP contribution in [-0.2, 0) is 19.1 Å². The molecule has 1 rings (SSSR count). The zero-order valence-corrected chi connectivity index (χ0v) is 12.7. The minimum absolute atomic E-state index is 0.272. The highest BCUT2D eigenvalue weighted by Gasteiger charge is 2.33. The van der Waals surface area contributed by atoms with Crippen molar-refractivity contribution in [2.45, 2.75) is 27.7 Å². The summed E-state index contributed by atoms with van der Waals surface area (Å²) in [5.41, 5.74) is 0. The zero-order chi connectivity index (χ0) is 15.1. The first kappa shape index (κ1) is 16.5. The van der Waals surface area contributed by atoms with Crippen LogP contribution in [0.2, 0.25) is 0 Å². The smallest absolute Gasteiger partial charge is 0.314 e. The van der Waals surface area contributed by atoms with Crippen molar-refractivity contribution in [1.29, 1.82) is 0 Å². The van der Waals surface area contributed by atoms with E-state index in [1.54, 1.807) is 24.3 Å². The average Bonchev–Trinajstić information content (AvgIpc) is 2.42. The van der Waals surface area contributed by atoms with Gasteiger partial charge in [0.05, 0.1) is 25.0 Å². The van der Waals surface area contributed by atoms with E-state index in [1.807, 2.05) is 27.7 Å². The van der Waals surface area contributed by atoms with Gasteiger partial charge in [0, 0.05) is 0 Å². The van der Waals surface area contributed by atoms with E-state index in [0.29, 0.717) is 13.2 Å². The second-order valence-electron chi connectivity index (χ2n) is 5.87. The number of hydrogen-bond acceptors (Lipinski definition) is 4. The lowest BCUT2D eigenvalue weighted by Gasteiger charge is -2.22. The molecular weight excluding hydrogens is 256 g/mol. The lowest BCUT2D eigenvalue weighted by atomic mass is 9.88. The number of hydrogen-bond donors (Lipinski definition) is 0. The molecule has 0 aromatic heterocycles. The van der Waals surface area contributed by atoms with Crippen molar-refractivity contribution < 1.29 is 19.1 Å². The first-order chi connectivity index (χ1) is 9.41. The molecule has 0 radical (unpaired) electrons. The Kier molecular flexibility index (Phi) is 6.49. The third kappa shape index (κ3) is 5.19. The van der Waals surface area contributed by atoms with Crippen LogP contribution in [0.4, 0.5) is 0 Å². The first-order valence-electron chi connectivity index (χ1n) is 7.10. The monoisotopic (exact) mass is 280 g/mol. The molecule has 0 fully saturated rings. The fourth-order valence-corrected chi connectivity index (χ4v) is 1.75. The van der Waals surface area contributed by atoms with E-state index < -0.39 is 11.8 Å². The van der Waals surface area contributed by atoms with Gasteiger partial charge >= 0.3 is 11.9 Å². The number of carbonyl (C=O) groups excluding carboxylic acids is 2. The van der Waals surface area contributed by atoms with Gasteiger partial charge in [-0.05, 0) is 11.8 Å². The van der Waals surface area contributed by atoms with Crippen LogP contribution in [0.15, 0.2) is 24.3 Å². The van der Waals surface area contributed by atoms with Crippen molar-refractivity contribution in [2.75, 3.05) is 13.2 Å². The SMILES string of the molecule is CC(C)COC(=O)C1C=CC=CC1C(=O)OCC(C)C. The molecule has 0 heterocycles. The number of carbonyl (C=O) groups is 2. The van der Waals surface area contributed by atoms with E-state index in [-0.39, 0.29) is 23.8 Å². The average molecular weight is 280 g/mol. The van der Waals surface area contributed by atoms with Crippen LogP contribution in [-0.4, -0.2) is 25.2 Å². The molecule has 2 unspecified atom stereocenters. The molecular formula is C16H24O4. The van der Waals surface area contributed by atoms with Gasteiger partial charge in [-0.2, -0.15) is 0 Å². The Balaban J connectivity index is 2.63. The quantitative estimate of drug-likeness (QED) is 0.702. The van der Waals surface area contributed by atoms with Gasteiger partial charge in [0.15, 0.2) is 0 Å². The molecule has 0 spiro atoms. The van der Waals surface area contributed by atoms with Gasteiger partial charge in [0.25, 0.3) is 0 Å². The highest BCUT2D eigenvalue weighted by Crippen LogP contribution is 2.23. The van der Waals surface area contributed by atoms with E-state index in [2.05, 4.69) is 0 Å². The van der Waals surface area contributed by atoms with Crippen LogP contribution < -0.4 is 0 Å². The van der Waals surface area contributed by atoms with E-state index in [4.69, 9.17) is 9.47 Å². The Morgan fingerprint density at radius 1 is 0.850 bits per heavy atom. The fourth-order valence-electron chi connectivity index (χ4n) is 1.75. The Morgan fingerprint density at radius 2 is 1.20 bits per heavy atom. The Bertz CT molecular complexity index is 355. The Labute approximate surface area is 120 Å². The van der Waals surface area contributed by atoms with Crippen molar-refractivity contribution in [3.8, 4) is 0 Å². The van der Waals surface area contributed by atoms with E-state index in [9.17, 15) is 9.59 Å². The van der Waals surface area contributed by atoms with Gasteiger partial charge in [-0.3, -0.25) is 9.59 Å². The summed E-state index contributed by atoms with van der Waals surface area (Å²) in [5, 5.41) is 0. The molecule has 0 aliphatic heterocycles. The van der Waals surface area contributed by atoms with Crippen LogP contribution >= 0.6 is 0 Å². The molecule has 0 N–H and O–H groups in total. The van der Waals surface area contributed by atoms with Crippen LogP contribution in [0, 0.1) is 23.7 Å². The maximum absolute atomic E-state index is 12.0. The van der Waals surface area contributed by atoms with Crippen molar-refractivity contribution in [3.63, 3.8) is 0 Å². The van der Waals surface area contributed by atoms with Gasteiger partial charge in [-0.15, -0.1) is 0 Å². The molecule has 4 nitrogen and oxygen atoms in total. The fraction of sp³-hybridized carbons (Fsp3) is 0.625. The normalized spacial score (nSPS) is 21.3. The zero-order valence-electron chi connectivity index (χ0n) is 12.7. The summed E-state index contributed by atoms with van der Waals surface area (Å²) >= 11 is 0. The molecule has 1 aliphatic rings. The molecule has 0 amide bonds. The van der Waals surface area contributed by atoms with Gasteiger partial charge in [0.2, 0.25) is 0 Å². The van der Waals surface area contributed by atoms with Crippen LogP contribution in [0.1, 0.15) is 27.7 Å². The third-order valence-electron chi connectivity index (χ3n) is 2.80. The van der Waals surface area contributed by atoms with Gasteiger partial charge in [0.1, 0.15) is 0 Å².